The first-order valence-corrected chi connectivity index (χ1v) is 7.41. The zero-order valence-electron chi connectivity index (χ0n) is 12.9. The topological polar surface area (TPSA) is 50.5 Å². The molecular weight excluding hydrogens is 250 g/mol. The van der Waals surface area contributed by atoms with Gasteiger partial charge in [-0.25, -0.2) is 0 Å². The third-order valence-corrected chi connectivity index (χ3v) is 4.74. The lowest BCUT2D eigenvalue weighted by Gasteiger charge is -2.48. The average molecular weight is 277 g/mol. The fraction of sp³-hybridized carbons (Fsp3) is 0.625. The second-order valence-electron chi connectivity index (χ2n) is 5.93. The highest BCUT2D eigenvalue weighted by Crippen LogP contribution is 2.42. The Hall–Kier alpha value is -1.10. The minimum absolute atomic E-state index is 0.0827. The van der Waals surface area contributed by atoms with Gasteiger partial charge in [0, 0.05) is 5.54 Å². The van der Waals surface area contributed by atoms with E-state index in [1.165, 1.54) is 37.7 Å². The van der Waals surface area contributed by atoms with Crippen LogP contribution in [0.4, 0.5) is 0 Å². The predicted molar refractivity (Wildman–Crippen MR) is 82.6 cm³/mol. The molecule has 1 fully saturated rings. The molecule has 0 spiro atoms. The Morgan fingerprint density at radius 2 is 1.95 bits per heavy atom. The molecule has 2 rings (SSSR count). The van der Waals surface area contributed by atoms with Crippen LogP contribution in [0, 0.1) is 0 Å². The molecule has 20 heavy (non-hydrogen) atoms. The van der Waals surface area contributed by atoms with Gasteiger partial charge >= 0.3 is 0 Å². The SMILES string of the molecule is COc1cccc(C(NN)C2(N(C)C)CCCCC2)c1. The third-order valence-electron chi connectivity index (χ3n) is 4.74. The zero-order valence-corrected chi connectivity index (χ0v) is 12.9. The Bertz CT molecular complexity index is 427. The van der Waals surface area contributed by atoms with Crippen LogP contribution >= 0.6 is 0 Å². The minimum Gasteiger partial charge on any atom is -0.497 e. The second kappa shape index (κ2) is 6.57. The summed E-state index contributed by atoms with van der Waals surface area (Å²) in [5, 5.41) is 0. The van der Waals surface area contributed by atoms with Crippen molar-refractivity contribution in [2.45, 2.75) is 43.7 Å². The van der Waals surface area contributed by atoms with Crippen LogP contribution in [0.25, 0.3) is 0 Å². The van der Waals surface area contributed by atoms with Crippen LogP contribution in [-0.4, -0.2) is 31.6 Å². The van der Waals surface area contributed by atoms with Gasteiger partial charge in [0.25, 0.3) is 0 Å². The van der Waals surface area contributed by atoms with E-state index in [0.29, 0.717) is 0 Å². The molecule has 4 nitrogen and oxygen atoms in total. The fourth-order valence-electron chi connectivity index (χ4n) is 3.54. The van der Waals surface area contributed by atoms with Crippen molar-refractivity contribution in [1.82, 2.24) is 10.3 Å². The molecule has 0 amide bonds. The van der Waals surface area contributed by atoms with Gasteiger partial charge < -0.3 is 9.64 Å². The van der Waals surface area contributed by atoms with Gasteiger partial charge in [0.1, 0.15) is 5.75 Å². The van der Waals surface area contributed by atoms with Crippen molar-refractivity contribution in [3.05, 3.63) is 29.8 Å². The highest BCUT2D eigenvalue weighted by molar-refractivity contribution is 5.32. The summed E-state index contributed by atoms with van der Waals surface area (Å²) in [5.74, 6) is 6.81. The Labute approximate surface area is 122 Å². The lowest BCUT2D eigenvalue weighted by Crippen LogP contribution is -2.56. The van der Waals surface area contributed by atoms with Crippen molar-refractivity contribution in [3.63, 3.8) is 0 Å². The number of rotatable bonds is 5. The van der Waals surface area contributed by atoms with Crippen molar-refractivity contribution in [1.29, 1.82) is 0 Å². The lowest BCUT2D eigenvalue weighted by molar-refractivity contribution is 0.0563. The van der Waals surface area contributed by atoms with Crippen LogP contribution in [0.15, 0.2) is 24.3 Å². The minimum atomic E-state index is 0.0827. The molecule has 1 saturated carbocycles. The van der Waals surface area contributed by atoms with Crippen molar-refractivity contribution in [3.8, 4) is 5.75 Å². The predicted octanol–water partition coefficient (Wildman–Crippen LogP) is 2.46. The highest BCUT2D eigenvalue weighted by Gasteiger charge is 2.42. The number of nitrogens with one attached hydrogen (secondary N) is 1. The van der Waals surface area contributed by atoms with Gasteiger partial charge in [-0.3, -0.25) is 11.3 Å². The first kappa shape index (κ1) is 15.3. The van der Waals surface area contributed by atoms with Crippen LogP contribution in [0.5, 0.6) is 5.75 Å². The fourth-order valence-corrected chi connectivity index (χ4v) is 3.54. The summed E-state index contributed by atoms with van der Waals surface area (Å²) in [6, 6.07) is 8.34. The summed E-state index contributed by atoms with van der Waals surface area (Å²) in [4.78, 5) is 2.34. The normalized spacial score (nSPS) is 19.9. The summed E-state index contributed by atoms with van der Waals surface area (Å²) in [7, 11) is 6.03. The van der Waals surface area contributed by atoms with E-state index in [1.54, 1.807) is 7.11 Å². The summed E-state index contributed by atoms with van der Waals surface area (Å²) in [5.41, 5.74) is 4.34. The molecule has 0 aliphatic heterocycles. The number of likely N-dealkylation sites (N-methyl/N-ethyl adjacent to an activating group) is 1. The van der Waals surface area contributed by atoms with E-state index in [9.17, 15) is 0 Å². The van der Waals surface area contributed by atoms with E-state index < -0.39 is 0 Å². The Balaban J connectivity index is 2.37. The van der Waals surface area contributed by atoms with E-state index in [-0.39, 0.29) is 11.6 Å². The summed E-state index contributed by atoms with van der Waals surface area (Å²) < 4.78 is 5.35. The van der Waals surface area contributed by atoms with Gasteiger partial charge in [0.15, 0.2) is 0 Å². The summed E-state index contributed by atoms with van der Waals surface area (Å²) in [6.07, 6.45) is 6.20. The first-order valence-electron chi connectivity index (χ1n) is 7.41. The molecule has 3 N–H and O–H groups in total. The maximum atomic E-state index is 5.93. The van der Waals surface area contributed by atoms with Crippen LogP contribution in [0.2, 0.25) is 0 Å². The van der Waals surface area contributed by atoms with Crippen molar-refractivity contribution >= 4 is 0 Å². The number of nitrogens with zero attached hydrogens (tertiary/aromatic N) is 1. The number of nitrogens with two attached hydrogens (primary N) is 1. The number of methoxy groups -OCH3 is 1. The van der Waals surface area contributed by atoms with Crippen LogP contribution in [0.1, 0.15) is 43.7 Å². The maximum Gasteiger partial charge on any atom is 0.119 e. The largest absolute Gasteiger partial charge is 0.497 e. The Kier molecular flexibility index (Phi) is 5.02. The molecule has 1 unspecified atom stereocenters. The molecule has 1 aliphatic carbocycles. The van der Waals surface area contributed by atoms with E-state index in [4.69, 9.17) is 10.6 Å². The number of ether oxygens (including phenoxy) is 1. The van der Waals surface area contributed by atoms with Gasteiger partial charge in [-0.05, 0) is 44.6 Å². The molecule has 0 radical (unpaired) electrons. The highest BCUT2D eigenvalue weighted by atomic mass is 16.5. The molecule has 1 aromatic carbocycles. The molecular formula is C16H27N3O. The molecule has 1 atom stereocenters. The summed E-state index contributed by atoms with van der Waals surface area (Å²) >= 11 is 0. The van der Waals surface area contributed by atoms with Gasteiger partial charge in [-0.2, -0.15) is 0 Å². The average Bonchev–Trinajstić information content (AvgIpc) is 2.49. The molecule has 0 heterocycles. The lowest BCUT2D eigenvalue weighted by atomic mass is 9.73. The van der Waals surface area contributed by atoms with Gasteiger partial charge in [-0.1, -0.05) is 31.4 Å². The molecule has 1 aliphatic rings. The quantitative estimate of drug-likeness (QED) is 0.641. The van der Waals surface area contributed by atoms with E-state index in [0.717, 1.165) is 5.75 Å². The van der Waals surface area contributed by atoms with E-state index >= 15 is 0 Å². The monoisotopic (exact) mass is 277 g/mol. The molecule has 4 heteroatoms. The van der Waals surface area contributed by atoms with Crippen LogP contribution in [0.3, 0.4) is 0 Å². The van der Waals surface area contributed by atoms with Crippen molar-refractivity contribution in [2.75, 3.05) is 21.2 Å². The second-order valence-corrected chi connectivity index (χ2v) is 5.93. The standard InChI is InChI=1S/C16H27N3O/c1-19(2)16(10-5-4-6-11-16)15(18-17)13-8-7-9-14(12-13)20-3/h7-9,12,15,18H,4-6,10-11,17H2,1-3H3. The maximum absolute atomic E-state index is 5.93. The molecule has 112 valence electrons. The zero-order chi connectivity index (χ0) is 14.6. The van der Waals surface area contributed by atoms with Gasteiger partial charge in [0.05, 0.1) is 13.2 Å². The van der Waals surface area contributed by atoms with Gasteiger partial charge in [-0.15, -0.1) is 0 Å². The van der Waals surface area contributed by atoms with E-state index in [2.05, 4.69) is 36.6 Å². The number of hydrogen-bond donors (Lipinski definition) is 2. The number of hydrazine groups is 1. The van der Waals surface area contributed by atoms with Crippen LogP contribution in [-0.2, 0) is 0 Å². The first-order chi connectivity index (χ1) is 9.64. The van der Waals surface area contributed by atoms with E-state index in [1.807, 2.05) is 12.1 Å². The number of benzene rings is 1. The van der Waals surface area contributed by atoms with Crippen molar-refractivity contribution < 1.29 is 4.74 Å². The Morgan fingerprint density at radius 1 is 1.25 bits per heavy atom. The van der Waals surface area contributed by atoms with Crippen LogP contribution < -0.4 is 16.0 Å². The van der Waals surface area contributed by atoms with Crippen molar-refractivity contribution in [2.24, 2.45) is 5.84 Å². The number of hydrogen-bond acceptors (Lipinski definition) is 4. The Morgan fingerprint density at radius 3 is 2.50 bits per heavy atom. The molecule has 1 aromatic rings. The molecule has 0 aromatic heterocycles. The van der Waals surface area contributed by atoms with Gasteiger partial charge in [0.2, 0.25) is 0 Å². The summed E-state index contributed by atoms with van der Waals surface area (Å²) in [6.45, 7) is 0. The molecule has 0 saturated heterocycles. The molecule has 0 bridgehead atoms. The third kappa shape index (κ3) is 2.82. The smallest absolute Gasteiger partial charge is 0.119 e.